The van der Waals surface area contributed by atoms with Crippen LogP contribution in [0.25, 0.3) is 0 Å². The molecule has 4 fully saturated rings. The maximum absolute atomic E-state index is 13.6. The lowest BCUT2D eigenvalue weighted by Gasteiger charge is -2.59. The third-order valence-electron chi connectivity index (χ3n) is 7.23. The molecule has 0 aromatic heterocycles. The van der Waals surface area contributed by atoms with Crippen LogP contribution in [0.1, 0.15) is 54.4 Å². The predicted molar refractivity (Wildman–Crippen MR) is 119 cm³/mol. The van der Waals surface area contributed by atoms with Crippen molar-refractivity contribution in [3.63, 3.8) is 0 Å². The number of hydrogen-bond acceptors (Lipinski definition) is 6. The highest BCUT2D eigenvalue weighted by molar-refractivity contribution is 7.86. The molecule has 6 radical (unpaired) electrons. The molecule has 1 aromatic carbocycles. The monoisotopic (exact) mass is 488 g/mol. The maximum Gasteiger partial charge on any atom is 0.402 e. The zero-order chi connectivity index (χ0) is 25.1. The van der Waals surface area contributed by atoms with Gasteiger partial charge in [-0.1, -0.05) is 29.4 Å². The number of ether oxygens (including phenoxy) is 2. The minimum atomic E-state index is -5.74. The summed E-state index contributed by atoms with van der Waals surface area (Å²) in [6, 6.07) is 2.90. The maximum atomic E-state index is 13.6. The van der Waals surface area contributed by atoms with E-state index >= 15 is 0 Å². The van der Waals surface area contributed by atoms with E-state index in [2.05, 4.69) is 0 Å². The van der Waals surface area contributed by atoms with Crippen molar-refractivity contribution < 1.29 is 40.8 Å². The zero-order valence-corrected chi connectivity index (χ0v) is 19.1. The van der Waals surface area contributed by atoms with E-state index < -0.39 is 44.9 Å². The number of esters is 2. The van der Waals surface area contributed by atoms with Crippen molar-refractivity contribution >= 4 is 56.5 Å². The summed E-state index contributed by atoms with van der Waals surface area (Å²) in [6.07, 6.45) is 2.56. The molecule has 0 spiro atoms. The van der Waals surface area contributed by atoms with Crippen LogP contribution in [-0.2, 0) is 30.7 Å². The molecule has 7 nitrogen and oxygen atoms in total. The fourth-order valence-corrected chi connectivity index (χ4v) is 6.50. The summed E-state index contributed by atoms with van der Waals surface area (Å²) in [5, 5.41) is -4.62. The molecule has 2 unspecified atom stereocenters. The van der Waals surface area contributed by atoms with Crippen molar-refractivity contribution in [3.05, 3.63) is 23.3 Å². The van der Waals surface area contributed by atoms with Gasteiger partial charge in [0, 0.05) is 6.42 Å². The van der Waals surface area contributed by atoms with Gasteiger partial charge in [0.05, 0.1) is 18.8 Å². The standard InChI is InChI=1S/C21H21B3F2O7S/c22-8-15-14(2-13(23)3-16(15)24)17(27)33-20-6-11-1-12(7-20)5-19(4-11,9-20)18(28)32-10-21(25,26)34(29,30)31/h2-3,11-12H,1,4-10H2,(H,29,30,31). The average Bonchev–Trinajstić information content (AvgIpc) is 2.69. The lowest BCUT2D eigenvalue weighted by molar-refractivity contribution is -0.200. The molecule has 13 heteroatoms. The third kappa shape index (κ3) is 4.41. The number of carbonyl (C=O) groups excluding carboxylic acids is 2. The lowest BCUT2D eigenvalue weighted by Crippen LogP contribution is -2.60. The Balaban J connectivity index is 1.57. The van der Waals surface area contributed by atoms with Gasteiger partial charge in [-0.2, -0.15) is 17.2 Å². The molecule has 4 saturated carbocycles. The van der Waals surface area contributed by atoms with Gasteiger partial charge in [-0.05, 0) is 49.5 Å². The number of benzene rings is 1. The molecule has 4 aliphatic rings. The van der Waals surface area contributed by atoms with Crippen LogP contribution < -0.4 is 10.9 Å². The van der Waals surface area contributed by atoms with Gasteiger partial charge in [-0.3, -0.25) is 9.35 Å². The Morgan fingerprint density at radius 1 is 1.15 bits per heavy atom. The molecule has 0 aliphatic heterocycles. The molecule has 5 rings (SSSR count). The molecule has 2 atom stereocenters. The lowest BCUT2D eigenvalue weighted by atomic mass is 9.48. The highest BCUT2D eigenvalue weighted by Crippen LogP contribution is 2.63. The average molecular weight is 488 g/mol. The second-order valence-corrected chi connectivity index (χ2v) is 11.4. The van der Waals surface area contributed by atoms with Crippen LogP contribution in [-0.4, -0.2) is 65.9 Å². The predicted octanol–water partition coefficient (Wildman–Crippen LogP) is 0.462. The Bertz CT molecular complexity index is 1130. The summed E-state index contributed by atoms with van der Waals surface area (Å²) < 4.78 is 68.3. The minimum absolute atomic E-state index is 0.00331. The number of carbonyl (C=O) groups is 2. The van der Waals surface area contributed by atoms with Crippen LogP contribution in [0, 0.1) is 17.3 Å². The van der Waals surface area contributed by atoms with Gasteiger partial charge in [0.15, 0.2) is 6.61 Å². The number of halogens is 2. The van der Waals surface area contributed by atoms with Crippen molar-refractivity contribution in [2.24, 2.45) is 17.3 Å². The number of rotatable bonds is 7. The summed E-state index contributed by atoms with van der Waals surface area (Å²) >= 11 is 0. The quantitative estimate of drug-likeness (QED) is 0.338. The number of alkyl halides is 2. The summed E-state index contributed by atoms with van der Waals surface area (Å²) in [7, 11) is 11.8. The van der Waals surface area contributed by atoms with Gasteiger partial charge < -0.3 is 9.47 Å². The third-order valence-corrected chi connectivity index (χ3v) is 8.10. The molecule has 176 valence electrons. The first-order chi connectivity index (χ1) is 15.7. The van der Waals surface area contributed by atoms with Crippen LogP contribution in [0.5, 0.6) is 0 Å². The van der Waals surface area contributed by atoms with E-state index in [1.165, 1.54) is 12.1 Å². The van der Waals surface area contributed by atoms with Crippen LogP contribution in [0.3, 0.4) is 0 Å². The Labute approximate surface area is 200 Å². The smallest absolute Gasteiger partial charge is 0.402 e. The number of hydrogen-bond donors (Lipinski definition) is 1. The van der Waals surface area contributed by atoms with E-state index in [0.717, 1.165) is 6.42 Å². The first-order valence-corrected chi connectivity index (χ1v) is 12.3. The molecule has 0 saturated heterocycles. The Morgan fingerprint density at radius 2 is 1.76 bits per heavy atom. The first-order valence-electron chi connectivity index (χ1n) is 10.8. The second-order valence-electron chi connectivity index (χ2n) is 9.84. The largest absolute Gasteiger partial charge is 0.458 e. The first kappa shape index (κ1) is 25.2. The molecule has 1 N–H and O–H groups in total. The van der Waals surface area contributed by atoms with Crippen molar-refractivity contribution in [2.45, 2.75) is 55.7 Å². The van der Waals surface area contributed by atoms with E-state index in [-0.39, 0.29) is 41.1 Å². The van der Waals surface area contributed by atoms with E-state index in [1.807, 2.05) is 0 Å². The van der Waals surface area contributed by atoms with Crippen LogP contribution in [0.15, 0.2) is 12.1 Å². The van der Waals surface area contributed by atoms with Crippen LogP contribution in [0.4, 0.5) is 8.78 Å². The summed E-state index contributed by atoms with van der Waals surface area (Å²) in [5.41, 5.74) is -1.19. The van der Waals surface area contributed by atoms with Gasteiger partial charge >= 0.3 is 27.3 Å². The highest BCUT2D eigenvalue weighted by atomic mass is 32.2. The molecule has 0 amide bonds. The zero-order valence-electron chi connectivity index (χ0n) is 18.3. The van der Waals surface area contributed by atoms with Gasteiger partial charge in [0.25, 0.3) is 0 Å². The van der Waals surface area contributed by atoms with Crippen molar-refractivity contribution in [1.82, 2.24) is 0 Å². The van der Waals surface area contributed by atoms with Gasteiger partial charge in [0.2, 0.25) is 0 Å². The summed E-state index contributed by atoms with van der Waals surface area (Å²) in [6.45, 7) is -1.79. The Hall–Kier alpha value is -1.88. The molecular formula is C21H21B3F2O7S. The van der Waals surface area contributed by atoms with Crippen molar-refractivity contribution in [1.29, 1.82) is 0 Å². The highest BCUT2D eigenvalue weighted by Gasteiger charge is 2.63. The van der Waals surface area contributed by atoms with Gasteiger partial charge in [-0.25, -0.2) is 4.79 Å². The Morgan fingerprint density at radius 3 is 2.32 bits per heavy atom. The minimum Gasteiger partial charge on any atom is -0.458 e. The topological polar surface area (TPSA) is 107 Å². The molecule has 1 aromatic rings. The van der Waals surface area contributed by atoms with Gasteiger partial charge in [0.1, 0.15) is 21.3 Å². The molecule has 0 heterocycles. The normalized spacial score (nSPS) is 30.2. The Kier molecular flexibility index (Phi) is 6.20. The fourth-order valence-electron chi connectivity index (χ4n) is 6.29. The van der Waals surface area contributed by atoms with Crippen LogP contribution >= 0.6 is 0 Å². The summed E-state index contributed by atoms with van der Waals surface area (Å²) in [5.74, 6) is -1.67. The van der Waals surface area contributed by atoms with E-state index in [9.17, 15) is 26.8 Å². The van der Waals surface area contributed by atoms with Crippen LogP contribution in [0.2, 0.25) is 0 Å². The molecular weight excluding hydrogens is 467 g/mol. The van der Waals surface area contributed by atoms with Gasteiger partial charge in [-0.15, -0.1) is 0 Å². The van der Waals surface area contributed by atoms with E-state index in [4.69, 9.17) is 37.6 Å². The van der Waals surface area contributed by atoms with E-state index in [1.54, 1.807) is 0 Å². The van der Waals surface area contributed by atoms with E-state index in [0.29, 0.717) is 31.2 Å². The van der Waals surface area contributed by atoms with Crippen molar-refractivity contribution in [2.75, 3.05) is 6.61 Å². The fraction of sp³-hybridized carbons (Fsp3) is 0.619. The summed E-state index contributed by atoms with van der Waals surface area (Å²) in [4.78, 5) is 26.1. The second kappa shape index (κ2) is 8.36. The molecule has 4 aliphatic carbocycles. The molecule has 34 heavy (non-hydrogen) atoms. The SMILES string of the molecule is [B]Cc1c([B])cc([B])cc1C(=O)OC12CC3CC(C1)CC(C(=O)OCC(F)(F)S(=O)(=O)O)(C3)C2. The van der Waals surface area contributed by atoms with Crippen molar-refractivity contribution in [3.8, 4) is 0 Å². The molecule has 4 bridgehead atoms.